The first-order valence-electron chi connectivity index (χ1n) is 6.29. The molecular weight excluding hydrogens is 236 g/mol. The maximum absolute atomic E-state index is 10.4. The summed E-state index contributed by atoms with van der Waals surface area (Å²) in [6.07, 6.45) is 2.73. The summed E-state index contributed by atoms with van der Waals surface area (Å²) in [5.41, 5.74) is 1.03. The molecule has 0 aliphatic carbocycles. The van der Waals surface area contributed by atoms with Gasteiger partial charge in [0, 0.05) is 12.4 Å². The zero-order chi connectivity index (χ0) is 13.7. The maximum Gasteiger partial charge on any atom is 0.120 e. The molecule has 1 aromatic heterocycles. The Morgan fingerprint density at radius 3 is 2.42 bits per heavy atom. The molecule has 0 fully saturated rings. The van der Waals surface area contributed by atoms with Gasteiger partial charge in [-0.05, 0) is 31.5 Å². The molecule has 1 aromatic carbocycles. The molecule has 2 aromatic rings. The third-order valence-corrected chi connectivity index (χ3v) is 2.98. The van der Waals surface area contributed by atoms with Gasteiger partial charge in [-0.3, -0.25) is 9.98 Å². The SMILES string of the molecule is CC(C)(N=Cc1ccccc1)C(O)c1ccccn1. The molecule has 1 N–H and O–H groups in total. The lowest BCUT2D eigenvalue weighted by molar-refractivity contribution is 0.102. The number of aliphatic hydroxyl groups excluding tert-OH is 1. The normalized spacial score (nSPS) is 13.6. The second-order valence-electron chi connectivity index (χ2n) is 4.98. The summed E-state index contributed by atoms with van der Waals surface area (Å²) < 4.78 is 0. The van der Waals surface area contributed by atoms with E-state index in [9.17, 15) is 5.11 Å². The molecule has 0 saturated heterocycles. The average molecular weight is 254 g/mol. The Balaban J connectivity index is 2.16. The Morgan fingerprint density at radius 1 is 1.11 bits per heavy atom. The number of hydrogen-bond donors (Lipinski definition) is 1. The molecule has 1 heterocycles. The van der Waals surface area contributed by atoms with E-state index in [1.54, 1.807) is 12.4 Å². The monoisotopic (exact) mass is 254 g/mol. The highest BCUT2D eigenvalue weighted by molar-refractivity contribution is 5.79. The van der Waals surface area contributed by atoms with Crippen molar-refractivity contribution < 1.29 is 5.11 Å². The van der Waals surface area contributed by atoms with Gasteiger partial charge in [-0.15, -0.1) is 0 Å². The highest BCUT2D eigenvalue weighted by atomic mass is 16.3. The molecule has 0 amide bonds. The van der Waals surface area contributed by atoms with E-state index < -0.39 is 11.6 Å². The third-order valence-electron chi connectivity index (χ3n) is 2.98. The van der Waals surface area contributed by atoms with Crippen molar-refractivity contribution in [2.75, 3.05) is 0 Å². The van der Waals surface area contributed by atoms with Crippen molar-refractivity contribution in [2.24, 2.45) is 4.99 Å². The summed E-state index contributed by atoms with van der Waals surface area (Å²) in [4.78, 5) is 8.66. The Morgan fingerprint density at radius 2 is 1.79 bits per heavy atom. The van der Waals surface area contributed by atoms with E-state index in [1.165, 1.54) is 0 Å². The zero-order valence-electron chi connectivity index (χ0n) is 11.2. The van der Waals surface area contributed by atoms with Crippen molar-refractivity contribution in [3.05, 3.63) is 66.0 Å². The molecule has 0 aliphatic rings. The first-order valence-corrected chi connectivity index (χ1v) is 6.29. The number of aliphatic imine (C=N–C) groups is 1. The highest BCUT2D eigenvalue weighted by Gasteiger charge is 2.28. The standard InChI is InChI=1S/C16H18N2O/c1-16(2,15(19)14-10-6-7-11-17-14)18-12-13-8-4-3-5-9-13/h3-12,15,19H,1-2H3. The lowest BCUT2D eigenvalue weighted by Crippen LogP contribution is -2.28. The van der Waals surface area contributed by atoms with Crippen LogP contribution in [0, 0.1) is 0 Å². The van der Waals surface area contributed by atoms with Gasteiger partial charge in [0.05, 0.1) is 11.2 Å². The smallest absolute Gasteiger partial charge is 0.120 e. The van der Waals surface area contributed by atoms with Crippen LogP contribution in [0.1, 0.15) is 31.2 Å². The molecule has 0 bridgehead atoms. The lowest BCUT2D eigenvalue weighted by Gasteiger charge is -2.25. The van der Waals surface area contributed by atoms with E-state index in [1.807, 2.05) is 62.4 Å². The Hall–Kier alpha value is -2.00. The average Bonchev–Trinajstić information content (AvgIpc) is 2.46. The minimum absolute atomic E-state index is 0.621. The molecule has 3 nitrogen and oxygen atoms in total. The number of benzene rings is 1. The predicted molar refractivity (Wildman–Crippen MR) is 77.3 cm³/mol. The van der Waals surface area contributed by atoms with Gasteiger partial charge >= 0.3 is 0 Å². The van der Waals surface area contributed by atoms with Gasteiger partial charge in [0.25, 0.3) is 0 Å². The second-order valence-corrected chi connectivity index (χ2v) is 4.98. The molecule has 3 heteroatoms. The van der Waals surface area contributed by atoms with Gasteiger partial charge in [0.15, 0.2) is 0 Å². The van der Waals surface area contributed by atoms with Gasteiger partial charge in [-0.25, -0.2) is 0 Å². The summed E-state index contributed by atoms with van der Waals surface area (Å²) in [5.74, 6) is 0. The molecule has 0 radical (unpaired) electrons. The number of aromatic nitrogens is 1. The molecule has 0 saturated carbocycles. The molecular formula is C16H18N2O. The Kier molecular flexibility index (Phi) is 4.07. The first-order chi connectivity index (χ1) is 9.09. The first kappa shape index (κ1) is 13.4. The largest absolute Gasteiger partial charge is 0.384 e. The van der Waals surface area contributed by atoms with E-state index in [2.05, 4.69) is 9.98 Å². The minimum atomic E-state index is -0.728. The van der Waals surface area contributed by atoms with Crippen LogP contribution in [0.5, 0.6) is 0 Å². The minimum Gasteiger partial charge on any atom is -0.384 e. The van der Waals surface area contributed by atoms with E-state index >= 15 is 0 Å². The summed E-state index contributed by atoms with van der Waals surface area (Å²) >= 11 is 0. The third kappa shape index (κ3) is 3.48. The molecule has 1 atom stereocenters. The van der Waals surface area contributed by atoms with Crippen molar-refractivity contribution in [2.45, 2.75) is 25.5 Å². The number of aliphatic hydroxyl groups is 1. The fourth-order valence-electron chi connectivity index (χ4n) is 1.75. The van der Waals surface area contributed by atoms with Gasteiger partial charge in [-0.1, -0.05) is 36.4 Å². The fourth-order valence-corrected chi connectivity index (χ4v) is 1.75. The van der Waals surface area contributed by atoms with Crippen molar-refractivity contribution >= 4 is 6.21 Å². The lowest BCUT2D eigenvalue weighted by atomic mass is 9.95. The van der Waals surface area contributed by atoms with Gasteiger partial charge < -0.3 is 5.11 Å². The van der Waals surface area contributed by atoms with E-state index in [-0.39, 0.29) is 0 Å². The number of rotatable bonds is 4. The van der Waals surface area contributed by atoms with Crippen LogP contribution in [0.2, 0.25) is 0 Å². The van der Waals surface area contributed by atoms with Crippen LogP contribution >= 0.6 is 0 Å². The van der Waals surface area contributed by atoms with Gasteiger partial charge in [0.2, 0.25) is 0 Å². The van der Waals surface area contributed by atoms with Crippen LogP contribution in [-0.2, 0) is 0 Å². The molecule has 2 rings (SSSR count). The number of nitrogens with zero attached hydrogens (tertiary/aromatic N) is 2. The van der Waals surface area contributed by atoms with Gasteiger partial charge in [0.1, 0.15) is 6.10 Å². The van der Waals surface area contributed by atoms with Crippen LogP contribution < -0.4 is 0 Å². The summed E-state index contributed by atoms with van der Waals surface area (Å²) in [6.45, 7) is 3.79. The maximum atomic E-state index is 10.4. The molecule has 0 spiro atoms. The summed E-state index contributed by atoms with van der Waals surface area (Å²) in [6, 6.07) is 15.3. The molecule has 19 heavy (non-hydrogen) atoms. The van der Waals surface area contributed by atoms with Crippen LogP contribution in [0.3, 0.4) is 0 Å². The van der Waals surface area contributed by atoms with E-state index in [4.69, 9.17) is 0 Å². The van der Waals surface area contributed by atoms with Crippen molar-refractivity contribution in [1.29, 1.82) is 0 Å². The van der Waals surface area contributed by atoms with E-state index in [0.717, 1.165) is 5.56 Å². The highest BCUT2D eigenvalue weighted by Crippen LogP contribution is 2.27. The molecule has 1 unspecified atom stereocenters. The quantitative estimate of drug-likeness (QED) is 0.852. The summed E-state index contributed by atoms with van der Waals surface area (Å²) in [7, 11) is 0. The van der Waals surface area contributed by atoms with Crippen LogP contribution in [0.4, 0.5) is 0 Å². The van der Waals surface area contributed by atoms with Crippen molar-refractivity contribution in [3.8, 4) is 0 Å². The van der Waals surface area contributed by atoms with Crippen molar-refractivity contribution in [1.82, 2.24) is 4.98 Å². The number of hydrogen-bond acceptors (Lipinski definition) is 3. The van der Waals surface area contributed by atoms with Gasteiger partial charge in [-0.2, -0.15) is 0 Å². The van der Waals surface area contributed by atoms with Crippen LogP contribution in [-0.4, -0.2) is 21.8 Å². The summed E-state index contributed by atoms with van der Waals surface area (Å²) in [5, 5.41) is 10.4. The van der Waals surface area contributed by atoms with Crippen LogP contribution in [0.15, 0.2) is 59.7 Å². The van der Waals surface area contributed by atoms with E-state index in [0.29, 0.717) is 5.69 Å². The zero-order valence-corrected chi connectivity index (χ0v) is 11.2. The molecule has 98 valence electrons. The Labute approximate surface area is 113 Å². The second kappa shape index (κ2) is 5.76. The van der Waals surface area contributed by atoms with Crippen LogP contribution in [0.25, 0.3) is 0 Å². The van der Waals surface area contributed by atoms with Crippen molar-refractivity contribution in [3.63, 3.8) is 0 Å². The fraction of sp³-hybridized carbons (Fsp3) is 0.250. The Bertz CT molecular complexity index is 535. The topological polar surface area (TPSA) is 45.5 Å². The molecule has 0 aliphatic heterocycles. The number of pyridine rings is 1. The predicted octanol–water partition coefficient (Wildman–Crippen LogP) is 3.01.